The zero-order valence-corrected chi connectivity index (χ0v) is 6.48. The number of hydrogen-bond acceptors (Lipinski definition) is 2. The second-order valence-electron chi connectivity index (χ2n) is 3.18. The summed E-state index contributed by atoms with van der Waals surface area (Å²) >= 11 is 0. The number of rotatable bonds is 0. The van der Waals surface area contributed by atoms with Crippen LogP contribution in [-0.2, 0) is 4.74 Å². The molecule has 1 heterocycles. The van der Waals surface area contributed by atoms with Gasteiger partial charge in [0.1, 0.15) is 12.5 Å². The summed E-state index contributed by atoms with van der Waals surface area (Å²) in [6.07, 6.45) is 0. The molecule has 2 rings (SSSR count). The Morgan fingerprint density at radius 1 is 1.40 bits per heavy atom. The third-order valence-electron chi connectivity index (χ3n) is 2.67. The van der Waals surface area contributed by atoms with Crippen LogP contribution in [0.2, 0.25) is 0 Å². The Labute approximate surface area is 61.3 Å². The van der Waals surface area contributed by atoms with E-state index >= 15 is 0 Å². The van der Waals surface area contributed by atoms with Crippen LogP contribution >= 0.6 is 0 Å². The van der Waals surface area contributed by atoms with Crippen molar-refractivity contribution in [2.75, 3.05) is 13.3 Å². The Morgan fingerprint density at radius 2 is 2.20 bits per heavy atom. The first-order valence-electron chi connectivity index (χ1n) is 3.87. The van der Waals surface area contributed by atoms with Gasteiger partial charge in [0, 0.05) is 12.5 Å². The average molecular weight is 139 g/mol. The third-order valence-corrected chi connectivity index (χ3v) is 2.67. The molecule has 0 bridgehead atoms. The fourth-order valence-electron chi connectivity index (χ4n) is 1.74. The summed E-state index contributed by atoms with van der Waals surface area (Å²) in [4.78, 5) is 0. The minimum absolute atomic E-state index is 0.664. The first-order chi connectivity index (χ1) is 4.80. The van der Waals surface area contributed by atoms with Gasteiger partial charge in [-0.05, 0) is 11.5 Å². The van der Waals surface area contributed by atoms with Crippen LogP contribution in [0.3, 0.4) is 0 Å². The molecule has 0 aromatic rings. The van der Waals surface area contributed by atoms with Crippen LogP contribution in [0.15, 0.2) is 11.3 Å². The molecule has 0 saturated carbocycles. The molecule has 2 unspecified atom stereocenters. The smallest absolute Gasteiger partial charge is 0.139 e. The highest BCUT2D eigenvalue weighted by Gasteiger charge is 2.36. The maximum absolute atomic E-state index is 5.43. The van der Waals surface area contributed by atoms with E-state index in [9.17, 15) is 0 Å². The first kappa shape index (κ1) is 6.23. The molecule has 0 spiro atoms. The zero-order valence-electron chi connectivity index (χ0n) is 6.48. The molecule has 2 atom stereocenters. The second kappa shape index (κ2) is 1.99. The van der Waals surface area contributed by atoms with Crippen LogP contribution in [0, 0.1) is 11.8 Å². The minimum atomic E-state index is 0.664. The summed E-state index contributed by atoms with van der Waals surface area (Å²) in [5.74, 6) is 2.66. The topological polar surface area (TPSA) is 21.3 Å². The summed E-state index contributed by atoms with van der Waals surface area (Å²) in [7, 11) is 0. The summed E-state index contributed by atoms with van der Waals surface area (Å²) < 4.78 is 5.43. The molecule has 1 aliphatic heterocycles. The molecule has 0 aromatic heterocycles. The number of nitrogens with one attached hydrogen (secondary N) is 1. The van der Waals surface area contributed by atoms with Gasteiger partial charge in [-0.15, -0.1) is 0 Å². The number of allylic oxidation sites excluding steroid dienone is 1. The highest BCUT2D eigenvalue weighted by Crippen LogP contribution is 2.41. The molecule has 1 aliphatic carbocycles. The standard InChI is InChI=1S/C8H13NO/c1-5-6(2)8-7(5)3-9-4-10-8/h5-6,9H,3-4H2,1-2H3. The fraction of sp³-hybridized carbons (Fsp3) is 0.750. The van der Waals surface area contributed by atoms with E-state index in [0.29, 0.717) is 12.6 Å². The molecule has 10 heavy (non-hydrogen) atoms. The van der Waals surface area contributed by atoms with Crippen LogP contribution in [0.25, 0.3) is 0 Å². The Bertz CT molecular complexity index is 166. The van der Waals surface area contributed by atoms with Crippen LogP contribution < -0.4 is 5.32 Å². The predicted molar refractivity (Wildman–Crippen MR) is 39.3 cm³/mol. The van der Waals surface area contributed by atoms with Gasteiger partial charge in [0.05, 0.1) is 0 Å². The normalized spacial score (nSPS) is 38.2. The van der Waals surface area contributed by atoms with Gasteiger partial charge < -0.3 is 4.74 Å². The Balaban J connectivity index is 2.21. The molecule has 0 aromatic carbocycles. The highest BCUT2D eigenvalue weighted by molar-refractivity contribution is 5.29. The van der Waals surface area contributed by atoms with Crippen LogP contribution in [0.5, 0.6) is 0 Å². The first-order valence-corrected chi connectivity index (χ1v) is 3.87. The third kappa shape index (κ3) is 0.626. The van der Waals surface area contributed by atoms with Crippen LogP contribution in [0.1, 0.15) is 13.8 Å². The lowest BCUT2D eigenvalue weighted by Gasteiger charge is -2.40. The lowest BCUT2D eigenvalue weighted by Crippen LogP contribution is -2.40. The van der Waals surface area contributed by atoms with Gasteiger partial charge in [0.25, 0.3) is 0 Å². The predicted octanol–water partition coefficient (Wildman–Crippen LogP) is 1.10. The van der Waals surface area contributed by atoms with Crippen LogP contribution in [0.4, 0.5) is 0 Å². The SMILES string of the molecule is CC1C2=C(OCNC2)C1C. The van der Waals surface area contributed by atoms with E-state index in [1.807, 2.05) is 0 Å². The van der Waals surface area contributed by atoms with E-state index in [2.05, 4.69) is 19.2 Å². The molecule has 1 N–H and O–H groups in total. The molecule has 0 saturated heterocycles. The molecule has 0 fully saturated rings. The number of hydrogen-bond donors (Lipinski definition) is 1. The molecular weight excluding hydrogens is 126 g/mol. The van der Waals surface area contributed by atoms with E-state index in [1.165, 1.54) is 11.3 Å². The highest BCUT2D eigenvalue weighted by atomic mass is 16.5. The quantitative estimate of drug-likeness (QED) is 0.542. The van der Waals surface area contributed by atoms with E-state index in [1.54, 1.807) is 0 Å². The van der Waals surface area contributed by atoms with Gasteiger partial charge in [-0.3, -0.25) is 5.32 Å². The largest absolute Gasteiger partial charge is 0.482 e. The molecular formula is C8H13NO. The maximum atomic E-state index is 5.43. The Morgan fingerprint density at radius 3 is 2.90 bits per heavy atom. The summed E-state index contributed by atoms with van der Waals surface area (Å²) in [5, 5.41) is 3.19. The van der Waals surface area contributed by atoms with E-state index in [0.717, 1.165) is 12.5 Å². The average Bonchev–Trinajstić information content (AvgIpc) is 2.03. The van der Waals surface area contributed by atoms with Crippen molar-refractivity contribution in [2.45, 2.75) is 13.8 Å². The van der Waals surface area contributed by atoms with E-state index in [4.69, 9.17) is 4.74 Å². The minimum Gasteiger partial charge on any atom is -0.482 e. The van der Waals surface area contributed by atoms with E-state index < -0.39 is 0 Å². The van der Waals surface area contributed by atoms with Crippen molar-refractivity contribution in [1.82, 2.24) is 5.32 Å². The van der Waals surface area contributed by atoms with Gasteiger partial charge >= 0.3 is 0 Å². The van der Waals surface area contributed by atoms with Crippen LogP contribution in [-0.4, -0.2) is 13.3 Å². The molecule has 2 nitrogen and oxygen atoms in total. The monoisotopic (exact) mass is 139 g/mol. The van der Waals surface area contributed by atoms with Gasteiger partial charge in [-0.25, -0.2) is 0 Å². The van der Waals surface area contributed by atoms with Crippen molar-refractivity contribution in [3.8, 4) is 0 Å². The molecule has 2 heteroatoms. The van der Waals surface area contributed by atoms with Crippen molar-refractivity contribution in [3.05, 3.63) is 11.3 Å². The van der Waals surface area contributed by atoms with Gasteiger partial charge in [-0.2, -0.15) is 0 Å². The lowest BCUT2D eigenvalue weighted by atomic mass is 9.74. The van der Waals surface area contributed by atoms with Crippen molar-refractivity contribution in [3.63, 3.8) is 0 Å². The molecule has 2 aliphatic rings. The second-order valence-corrected chi connectivity index (χ2v) is 3.18. The molecule has 0 radical (unpaired) electrons. The summed E-state index contributed by atoms with van der Waals surface area (Å²) in [6, 6.07) is 0. The summed E-state index contributed by atoms with van der Waals surface area (Å²) in [5.41, 5.74) is 1.48. The fourth-order valence-corrected chi connectivity index (χ4v) is 1.74. The maximum Gasteiger partial charge on any atom is 0.139 e. The van der Waals surface area contributed by atoms with Gasteiger partial charge in [0.2, 0.25) is 0 Å². The van der Waals surface area contributed by atoms with Gasteiger partial charge in [0.15, 0.2) is 0 Å². The lowest BCUT2D eigenvalue weighted by molar-refractivity contribution is 0.0937. The number of ether oxygens (including phenoxy) is 1. The van der Waals surface area contributed by atoms with Crippen molar-refractivity contribution in [2.24, 2.45) is 11.8 Å². The summed E-state index contributed by atoms with van der Waals surface area (Å²) in [6.45, 7) is 6.24. The molecule has 0 amide bonds. The van der Waals surface area contributed by atoms with E-state index in [-0.39, 0.29) is 0 Å². The van der Waals surface area contributed by atoms with Crippen molar-refractivity contribution >= 4 is 0 Å². The Hall–Kier alpha value is -0.500. The van der Waals surface area contributed by atoms with Crippen molar-refractivity contribution < 1.29 is 4.74 Å². The molecule has 56 valence electrons. The Kier molecular flexibility index (Phi) is 1.24. The zero-order chi connectivity index (χ0) is 7.14. The van der Waals surface area contributed by atoms with Gasteiger partial charge in [-0.1, -0.05) is 13.8 Å². The van der Waals surface area contributed by atoms with Crippen molar-refractivity contribution in [1.29, 1.82) is 0 Å².